The molecule has 1 aliphatic heterocycles. The second-order valence-corrected chi connectivity index (χ2v) is 6.25. The Morgan fingerprint density at radius 1 is 0.704 bits per heavy atom. The lowest BCUT2D eigenvalue weighted by Gasteiger charge is -2.14. The van der Waals surface area contributed by atoms with Crippen LogP contribution < -0.4 is 16.4 Å². The van der Waals surface area contributed by atoms with Crippen LogP contribution in [0.3, 0.4) is 0 Å². The summed E-state index contributed by atoms with van der Waals surface area (Å²) >= 11 is 0. The van der Waals surface area contributed by atoms with Crippen LogP contribution in [0, 0.1) is 0 Å². The number of carbonyl (C=O) groups is 3. The largest absolute Gasteiger partial charge is 0.399 e. The fourth-order valence-electron chi connectivity index (χ4n) is 3.10. The maximum Gasteiger partial charge on any atom is 0.266 e. The Labute approximate surface area is 155 Å². The van der Waals surface area contributed by atoms with Gasteiger partial charge in [0, 0.05) is 22.5 Å². The summed E-state index contributed by atoms with van der Waals surface area (Å²) in [6.07, 6.45) is 0. The molecule has 0 aromatic heterocycles. The average Bonchev–Trinajstić information content (AvgIpc) is 2.91. The molecule has 6 nitrogen and oxygen atoms in total. The zero-order valence-corrected chi connectivity index (χ0v) is 14.2. The van der Waals surface area contributed by atoms with Crippen molar-refractivity contribution in [1.82, 2.24) is 0 Å². The van der Waals surface area contributed by atoms with E-state index in [-0.39, 0.29) is 11.3 Å². The van der Waals surface area contributed by atoms with Crippen LogP contribution in [-0.2, 0) is 0 Å². The third-order valence-corrected chi connectivity index (χ3v) is 4.45. The van der Waals surface area contributed by atoms with E-state index >= 15 is 0 Å². The van der Waals surface area contributed by atoms with Crippen LogP contribution in [0.1, 0.15) is 36.6 Å². The Hall–Kier alpha value is -3.93. The van der Waals surface area contributed by atoms with E-state index in [9.17, 15) is 14.4 Å². The second kappa shape index (κ2) is 6.10. The number of hydrogen-bond donors (Lipinski definition) is 2. The van der Waals surface area contributed by atoms with Gasteiger partial charge in [-0.15, -0.1) is 0 Å². The Bertz CT molecular complexity index is 1100. The molecule has 6 heteroatoms. The van der Waals surface area contributed by atoms with Gasteiger partial charge in [0.2, 0.25) is 0 Å². The van der Waals surface area contributed by atoms with Crippen molar-refractivity contribution in [3.8, 4) is 0 Å². The van der Waals surface area contributed by atoms with Gasteiger partial charge >= 0.3 is 0 Å². The van der Waals surface area contributed by atoms with Crippen molar-refractivity contribution in [1.29, 1.82) is 0 Å². The first-order chi connectivity index (χ1) is 13.0. The van der Waals surface area contributed by atoms with Crippen molar-refractivity contribution in [2.24, 2.45) is 0 Å². The van der Waals surface area contributed by atoms with Crippen LogP contribution >= 0.6 is 0 Å². The van der Waals surface area contributed by atoms with E-state index in [1.807, 2.05) is 0 Å². The number of fused-ring (bicyclic) bond motifs is 1. The van der Waals surface area contributed by atoms with Gasteiger partial charge in [0.25, 0.3) is 11.8 Å². The number of carbonyl (C=O) groups excluding carboxylic acids is 3. The van der Waals surface area contributed by atoms with E-state index in [1.54, 1.807) is 60.7 Å². The first kappa shape index (κ1) is 16.5. The van der Waals surface area contributed by atoms with Crippen molar-refractivity contribution < 1.29 is 14.4 Å². The quantitative estimate of drug-likeness (QED) is 0.426. The smallest absolute Gasteiger partial charge is 0.266 e. The summed E-state index contributed by atoms with van der Waals surface area (Å²) in [4.78, 5) is 38.8. The van der Waals surface area contributed by atoms with E-state index < -0.39 is 11.8 Å². The van der Waals surface area contributed by atoms with E-state index in [0.29, 0.717) is 33.8 Å². The zero-order chi connectivity index (χ0) is 19.1. The van der Waals surface area contributed by atoms with E-state index in [4.69, 9.17) is 11.5 Å². The van der Waals surface area contributed by atoms with Gasteiger partial charge in [-0.2, -0.15) is 0 Å². The van der Waals surface area contributed by atoms with Gasteiger partial charge < -0.3 is 11.5 Å². The molecular formula is C21H15N3O3. The summed E-state index contributed by atoms with van der Waals surface area (Å²) < 4.78 is 0. The summed E-state index contributed by atoms with van der Waals surface area (Å²) in [5.41, 5.74) is 14.2. The number of anilines is 3. The van der Waals surface area contributed by atoms with Crippen molar-refractivity contribution >= 4 is 34.7 Å². The van der Waals surface area contributed by atoms with E-state index in [0.717, 1.165) is 4.90 Å². The van der Waals surface area contributed by atoms with Crippen molar-refractivity contribution in [3.05, 3.63) is 89.0 Å². The Morgan fingerprint density at radius 3 is 2.07 bits per heavy atom. The number of benzene rings is 3. The van der Waals surface area contributed by atoms with E-state index in [2.05, 4.69) is 0 Å². The predicted octanol–water partition coefficient (Wildman–Crippen LogP) is 2.88. The standard InChI is InChI=1S/C21H15N3O3/c22-14-3-1-2-13(10-14)19(25)12-4-7-16(8-5-12)24-20(26)17-9-6-15(23)11-18(17)21(24)27/h1-11H,22-23H2. The first-order valence-electron chi connectivity index (χ1n) is 8.24. The van der Waals surface area contributed by atoms with Gasteiger partial charge in [-0.1, -0.05) is 12.1 Å². The monoisotopic (exact) mass is 357 g/mol. The van der Waals surface area contributed by atoms with Crippen LogP contribution in [0.15, 0.2) is 66.7 Å². The van der Waals surface area contributed by atoms with Gasteiger partial charge in [0.15, 0.2) is 5.78 Å². The van der Waals surface area contributed by atoms with Gasteiger partial charge in [0.05, 0.1) is 16.8 Å². The normalized spacial score (nSPS) is 13.0. The molecule has 3 aromatic rings. The highest BCUT2D eigenvalue weighted by atomic mass is 16.2. The minimum absolute atomic E-state index is 0.191. The summed E-state index contributed by atoms with van der Waals surface area (Å²) in [7, 11) is 0. The lowest BCUT2D eigenvalue weighted by atomic mass is 10.0. The van der Waals surface area contributed by atoms with Crippen LogP contribution in [-0.4, -0.2) is 17.6 Å². The Balaban J connectivity index is 1.64. The summed E-state index contributed by atoms with van der Waals surface area (Å²) in [6.45, 7) is 0. The Morgan fingerprint density at radius 2 is 1.37 bits per heavy atom. The summed E-state index contributed by atoms with van der Waals surface area (Å²) in [5.74, 6) is -1.04. The fraction of sp³-hybridized carbons (Fsp3) is 0. The highest BCUT2D eigenvalue weighted by Crippen LogP contribution is 2.30. The number of hydrogen-bond acceptors (Lipinski definition) is 5. The number of nitrogen functional groups attached to an aromatic ring is 2. The zero-order valence-electron chi connectivity index (χ0n) is 14.2. The molecule has 0 unspecified atom stereocenters. The van der Waals surface area contributed by atoms with Crippen LogP contribution in [0.2, 0.25) is 0 Å². The van der Waals surface area contributed by atoms with Gasteiger partial charge in [-0.25, -0.2) is 4.90 Å². The maximum atomic E-state index is 12.6. The highest BCUT2D eigenvalue weighted by Gasteiger charge is 2.36. The molecule has 0 aliphatic carbocycles. The number of nitrogens with zero attached hydrogens (tertiary/aromatic N) is 1. The first-order valence-corrected chi connectivity index (χ1v) is 8.24. The van der Waals surface area contributed by atoms with Crippen molar-refractivity contribution in [3.63, 3.8) is 0 Å². The molecule has 0 saturated heterocycles. The number of amides is 2. The predicted molar refractivity (Wildman–Crippen MR) is 103 cm³/mol. The third kappa shape index (κ3) is 2.73. The lowest BCUT2D eigenvalue weighted by molar-refractivity contribution is 0.0925. The highest BCUT2D eigenvalue weighted by molar-refractivity contribution is 6.34. The maximum absolute atomic E-state index is 12.6. The summed E-state index contributed by atoms with van der Waals surface area (Å²) in [6, 6.07) is 17.6. The molecule has 0 bridgehead atoms. The molecule has 4 rings (SSSR count). The molecule has 132 valence electrons. The lowest BCUT2D eigenvalue weighted by Crippen LogP contribution is -2.29. The molecule has 27 heavy (non-hydrogen) atoms. The fourth-order valence-corrected chi connectivity index (χ4v) is 3.10. The van der Waals surface area contributed by atoms with Crippen molar-refractivity contribution in [2.75, 3.05) is 16.4 Å². The molecule has 0 radical (unpaired) electrons. The SMILES string of the molecule is Nc1cccc(C(=O)c2ccc(N3C(=O)c4ccc(N)cc4C3=O)cc2)c1. The van der Waals surface area contributed by atoms with Gasteiger partial charge in [-0.05, 0) is 54.6 Å². The minimum atomic E-state index is -0.433. The van der Waals surface area contributed by atoms with Crippen molar-refractivity contribution in [2.45, 2.75) is 0 Å². The summed E-state index contributed by atoms with van der Waals surface area (Å²) in [5, 5.41) is 0. The van der Waals surface area contributed by atoms with Crippen LogP contribution in [0.5, 0.6) is 0 Å². The topological polar surface area (TPSA) is 106 Å². The molecule has 0 atom stereocenters. The molecule has 1 heterocycles. The minimum Gasteiger partial charge on any atom is -0.399 e. The average molecular weight is 357 g/mol. The molecule has 0 saturated carbocycles. The van der Waals surface area contributed by atoms with Crippen LogP contribution in [0.25, 0.3) is 0 Å². The molecule has 0 fully saturated rings. The molecule has 3 aromatic carbocycles. The third-order valence-electron chi connectivity index (χ3n) is 4.45. The number of ketones is 1. The molecule has 1 aliphatic rings. The number of rotatable bonds is 3. The van der Waals surface area contributed by atoms with Gasteiger partial charge in [0.1, 0.15) is 0 Å². The molecular weight excluding hydrogens is 342 g/mol. The van der Waals surface area contributed by atoms with E-state index in [1.165, 1.54) is 6.07 Å². The van der Waals surface area contributed by atoms with Crippen LogP contribution in [0.4, 0.5) is 17.1 Å². The molecule has 2 amide bonds. The number of imide groups is 1. The molecule has 4 N–H and O–H groups in total. The number of nitrogens with two attached hydrogens (primary N) is 2. The van der Waals surface area contributed by atoms with Gasteiger partial charge in [-0.3, -0.25) is 14.4 Å². The Kier molecular flexibility index (Phi) is 3.74. The second-order valence-electron chi connectivity index (χ2n) is 6.25. The molecule has 0 spiro atoms.